The molecule has 4 nitrogen and oxygen atoms in total. The van der Waals surface area contributed by atoms with E-state index in [9.17, 15) is 4.79 Å². The van der Waals surface area contributed by atoms with Crippen LogP contribution >= 0.6 is 0 Å². The summed E-state index contributed by atoms with van der Waals surface area (Å²) in [6.07, 6.45) is 0. The summed E-state index contributed by atoms with van der Waals surface area (Å²) >= 11 is 0. The van der Waals surface area contributed by atoms with Gasteiger partial charge in [0.1, 0.15) is 6.04 Å². The van der Waals surface area contributed by atoms with Crippen molar-refractivity contribution in [3.05, 3.63) is 0 Å². The second kappa shape index (κ2) is 6.15. The number of carboxylic acid groups (broad SMARTS) is 1. The molecule has 4 N–H and O–H groups in total. The predicted octanol–water partition coefficient (Wildman–Crippen LogP) is -1.99. The number of aliphatic hydroxyl groups is 1. The fraction of sp³-hybridized carbons (Fsp3) is 0.667. The van der Waals surface area contributed by atoms with Crippen molar-refractivity contribution in [2.75, 3.05) is 6.61 Å². The molecule has 0 heterocycles. The summed E-state index contributed by atoms with van der Waals surface area (Å²) < 4.78 is 0. The normalized spacial score (nSPS) is 11.8. The Morgan fingerprint density at radius 2 is 2.12 bits per heavy atom. The molecule has 0 aliphatic heterocycles. The molecule has 0 saturated carbocycles. The summed E-state index contributed by atoms with van der Waals surface area (Å²) in [6, 6.07) is -1.13. The van der Waals surface area contributed by atoms with E-state index in [1.54, 1.807) is 0 Å². The zero-order valence-electron chi connectivity index (χ0n) is 4.66. The fourth-order valence-electron chi connectivity index (χ4n) is 0.0781. The van der Waals surface area contributed by atoms with Gasteiger partial charge >= 0.3 is 5.97 Å². The van der Waals surface area contributed by atoms with Crippen molar-refractivity contribution in [2.45, 2.75) is 6.04 Å². The van der Waals surface area contributed by atoms with Gasteiger partial charge in [-0.15, -0.1) is 0 Å². The zero-order chi connectivity index (χ0) is 5.86. The van der Waals surface area contributed by atoms with Gasteiger partial charge in [-0.1, -0.05) is 0 Å². The van der Waals surface area contributed by atoms with E-state index in [1.165, 1.54) is 0 Å². The van der Waals surface area contributed by atoms with Crippen LogP contribution in [0.3, 0.4) is 0 Å². The molecule has 0 bridgehead atoms. The van der Waals surface area contributed by atoms with E-state index in [4.69, 9.17) is 15.9 Å². The Morgan fingerprint density at radius 1 is 1.75 bits per heavy atom. The van der Waals surface area contributed by atoms with Crippen LogP contribution in [0.1, 0.15) is 0 Å². The molecule has 0 unspecified atom stereocenters. The Bertz CT molecular complexity index is 76.9. The molecule has 0 rings (SSSR count). The van der Waals surface area contributed by atoms with E-state index in [1.807, 2.05) is 0 Å². The van der Waals surface area contributed by atoms with Crippen molar-refractivity contribution in [1.29, 1.82) is 0 Å². The van der Waals surface area contributed by atoms with E-state index in [0.29, 0.717) is 0 Å². The molecular formula is C3H7KNO3. The van der Waals surface area contributed by atoms with Gasteiger partial charge in [0.15, 0.2) is 0 Å². The number of nitrogens with two attached hydrogens (primary N) is 1. The molecule has 0 amide bonds. The van der Waals surface area contributed by atoms with Gasteiger partial charge in [-0.3, -0.25) is 4.79 Å². The summed E-state index contributed by atoms with van der Waals surface area (Å²) in [5.41, 5.74) is 4.77. The number of hydrogen-bond donors (Lipinski definition) is 3. The van der Waals surface area contributed by atoms with Crippen LogP contribution < -0.4 is 5.73 Å². The average Bonchev–Trinajstić information content (AvgIpc) is 1.65. The molecule has 1 atom stereocenters. The first-order valence-corrected chi connectivity index (χ1v) is 1.77. The van der Waals surface area contributed by atoms with E-state index in [0.717, 1.165) is 0 Å². The van der Waals surface area contributed by atoms with Gasteiger partial charge in [0.05, 0.1) is 6.61 Å². The Labute approximate surface area is 89.5 Å². The molecule has 0 aromatic carbocycles. The molecule has 0 spiro atoms. The first-order valence-electron chi connectivity index (χ1n) is 1.77. The van der Waals surface area contributed by atoms with Crippen LogP contribution in [0, 0.1) is 0 Å². The maximum absolute atomic E-state index is 9.65. The summed E-state index contributed by atoms with van der Waals surface area (Å²) in [5, 5.41) is 15.9. The SMILES string of the molecule is N[C@@H](CO)C(=O)O.[K]. The largest absolute Gasteiger partial charge is 0.480 e. The summed E-state index contributed by atoms with van der Waals surface area (Å²) in [6.45, 7) is -0.505. The Hall–Kier alpha value is 1.03. The number of carbonyl (C=O) groups is 1. The van der Waals surface area contributed by atoms with Crippen molar-refractivity contribution in [3.63, 3.8) is 0 Å². The van der Waals surface area contributed by atoms with Gasteiger partial charge in [0.25, 0.3) is 0 Å². The van der Waals surface area contributed by atoms with Crippen LogP contribution in [0.2, 0.25) is 0 Å². The minimum atomic E-state index is -1.18. The third-order valence-corrected chi connectivity index (χ3v) is 0.514. The smallest absolute Gasteiger partial charge is 0.322 e. The Balaban J connectivity index is 0. The van der Waals surface area contributed by atoms with Crippen LogP contribution in [0.5, 0.6) is 0 Å². The van der Waals surface area contributed by atoms with Gasteiger partial charge in [-0.2, -0.15) is 0 Å². The standard InChI is InChI=1S/C3H7NO3.K/c4-2(1-5)3(6)7;/h2,5H,1,4H2,(H,6,7);/t2-;/m0./s1. The van der Waals surface area contributed by atoms with Crippen molar-refractivity contribution in [2.24, 2.45) is 5.73 Å². The fourth-order valence-corrected chi connectivity index (χ4v) is 0.0781. The van der Waals surface area contributed by atoms with Crippen LogP contribution in [-0.4, -0.2) is 80.2 Å². The first-order chi connectivity index (χ1) is 3.18. The predicted molar refractivity (Wildman–Crippen MR) is 28.5 cm³/mol. The van der Waals surface area contributed by atoms with Crippen molar-refractivity contribution < 1.29 is 15.0 Å². The third-order valence-electron chi connectivity index (χ3n) is 0.514. The van der Waals surface area contributed by atoms with Gasteiger partial charge in [-0.25, -0.2) is 0 Å². The third kappa shape index (κ3) is 5.17. The van der Waals surface area contributed by atoms with Crippen molar-refractivity contribution >= 4 is 57.4 Å². The van der Waals surface area contributed by atoms with Crippen LogP contribution in [-0.2, 0) is 4.79 Å². The Kier molecular flexibility index (Phi) is 9.06. The number of hydrogen-bond acceptors (Lipinski definition) is 3. The van der Waals surface area contributed by atoms with Gasteiger partial charge in [-0.05, 0) is 0 Å². The van der Waals surface area contributed by atoms with Gasteiger partial charge in [0, 0.05) is 51.4 Å². The summed E-state index contributed by atoms with van der Waals surface area (Å²) in [4.78, 5) is 9.65. The van der Waals surface area contributed by atoms with E-state index in [-0.39, 0.29) is 51.4 Å². The molecule has 0 aliphatic rings. The minimum absolute atomic E-state index is 0. The van der Waals surface area contributed by atoms with Gasteiger partial charge < -0.3 is 15.9 Å². The number of aliphatic carboxylic acids is 1. The maximum atomic E-state index is 9.65. The molecule has 0 aliphatic carbocycles. The molecule has 0 aromatic rings. The molecule has 0 saturated heterocycles. The Morgan fingerprint density at radius 3 is 2.12 bits per heavy atom. The van der Waals surface area contributed by atoms with E-state index >= 15 is 0 Å². The second-order valence-corrected chi connectivity index (χ2v) is 1.13. The molecular weight excluding hydrogens is 137 g/mol. The molecule has 0 fully saturated rings. The zero-order valence-corrected chi connectivity index (χ0v) is 7.79. The summed E-state index contributed by atoms with van der Waals surface area (Å²) in [5.74, 6) is -1.18. The van der Waals surface area contributed by atoms with E-state index in [2.05, 4.69) is 0 Å². The molecule has 0 aromatic heterocycles. The second-order valence-electron chi connectivity index (χ2n) is 1.13. The van der Waals surface area contributed by atoms with E-state index < -0.39 is 18.6 Å². The number of rotatable bonds is 2. The number of carboxylic acids is 1. The monoisotopic (exact) mass is 144 g/mol. The quantitative estimate of drug-likeness (QED) is 0.392. The van der Waals surface area contributed by atoms with Crippen molar-refractivity contribution in [3.8, 4) is 0 Å². The topological polar surface area (TPSA) is 83.5 Å². The minimum Gasteiger partial charge on any atom is -0.480 e. The van der Waals surface area contributed by atoms with Crippen LogP contribution in [0.25, 0.3) is 0 Å². The summed E-state index contributed by atoms with van der Waals surface area (Å²) in [7, 11) is 0. The van der Waals surface area contributed by atoms with Gasteiger partial charge in [0.2, 0.25) is 0 Å². The molecule has 43 valence electrons. The van der Waals surface area contributed by atoms with Crippen molar-refractivity contribution in [1.82, 2.24) is 0 Å². The average molecular weight is 144 g/mol. The van der Waals surface area contributed by atoms with Crippen LogP contribution in [0.15, 0.2) is 0 Å². The molecule has 1 radical (unpaired) electrons. The first kappa shape index (κ1) is 11.8. The van der Waals surface area contributed by atoms with Crippen LogP contribution in [0.4, 0.5) is 0 Å². The number of aliphatic hydroxyl groups excluding tert-OH is 1. The maximum Gasteiger partial charge on any atom is 0.322 e. The molecule has 5 heteroatoms. The molecule has 8 heavy (non-hydrogen) atoms.